The summed E-state index contributed by atoms with van der Waals surface area (Å²) in [5, 5.41) is 7.49. The lowest BCUT2D eigenvalue weighted by molar-refractivity contribution is -0.133. The number of nitrogens with one attached hydrogen (secondary N) is 1. The molecule has 0 radical (unpaired) electrons. The van der Waals surface area contributed by atoms with Crippen molar-refractivity contribution in [2.24, 2.45) is 7.05 Å². The summed E-state index contributed by atoms with van der Waals surface area (Å²) in [6.07, 6.45) is 3.29. The molecule has 1 aliphatic rings. The second-order valence-electron chi connectivity index (χ2n) is 8.06. The molecule has 1 amide bonds. The van der Waals surface area contributed by atoms with E-state index in [1.807, 2.05) is 43.0 Å². The highest BCUT2D eigenvalue weighted by atomic mass is 16.2. The van der Waals surface area contributed by atoms with E-state index in [1.54, 1.807) is 0 Å². The van der Waals surface area contributed by atoms with Gasteiger partial charge in [0.15, 0.2) is 0 Å². The summed E-state index contributed by atoms with van der Waals surface area (Å²) >= 11 is 0. The Morgan fingerprint density at radius 1 is 1.10 bits per heavy atom. The number of rotatable bonds is 6. The smallest absolute Gasteiger partial charge is 0.241 e. The number of hydrogen-bond donors (Lipinski definition) is 1. The van der Waals surface area contributed by atoms with E-state index in [-0.39, 0.29) is 5.91 Å². The van der Waals surface area contributed by atoms with Crippen molar-refractivity contribution in [3.05, 3.63) is 88.7 Å². The van der Waals surface area contributed by atoms with Crippen molar-refractivity contribution in [2.45, 2.75) is 38.4 Å². The Morgan fingerprint density at radius 3 is 2.31 bits per heavy atom. The van der Waals surface area contributed by atoms with Gasteiger partial charge >= 0.3 is 0 Å². The number of carbonyl (C=O) groups is 1. The number of amides is 1. The first-order chi connectivity index (χ1) is 14.0. The van der Waals surface area contributed by atoms with Gasteiger partial charge in [0.05, 0.1) is 6.20 Å². The van der Waals surface area contributed by atoms with E-state index in [2.05, 4.69) is 58.8 Å². The fourth-order valence-corrected chi connectivity index (χ4v) is 4.27. The van der Waals surface area contributed by atoms with Gasteiger partial charge in [-0.3, -0.25) is 14.4 Å². The van der Waals surface area contributed by atoms with Gasteiger partial charge in [-0.15, -0.1) is 0 Å². The van der Waals surface area contributed by atoms with Gasteiger partial charge in [0.2, 0.25) is 5.91 Å². The Balaban J connectivity index is 1.58. The van der Waals surface area contributed by atoms with Crippen LogP contribution < -0.4 is 5.32 Å². The van der Waals surface area contributed by atoms with Gasteiger partial charge in [-0.1, -0.05) is 54.6 Å². The Morgan fingerprint density at radius 2 is 1.72 bits per heavy atom. The summed E-state index contributed by atoms with van der Waals surface area (Å²) in [5.41, 5.74) is 5.28. The maximum absolute atomic E-state index is 13.6. The van der Waals surface area contributed by atoms with E-state index in [0.717, 1.165) is 30.6 Å². The summed E-state index contributed by atoms with van der Waals surface area (Å²) in [6, 6.07) is 18.7. The largest absolute Gasteiger partial charge is 0.350 e. The van der Waals surface area contributed by atoms with Crippen molar-refractivity contribution in [1.82, 2.24) is 20.0 Å². The minimum Gasteiger partial charge on any atom is -0.350 e. The lowest BCUT2D eigenvalue weighted by atomic mass is 9.91. The molecule has 150 valence electrons. The number of fused-ring (bicyclic) bond motifs is 1. The molecule has 2 aromatic carbocycles. The molecule has 5 nitrogen and oxygen atoms in total. The molecule has 0 spiro atoms. The molecule has 0 bridgehead atoms. The average molecular weight is 389 g/mol. The van der Waals surface area contributed by atoms with Crippen LogP contribution in [0, 0.1) is 6.92 Å². The molecule has 0 atom stereocenters. The lowest BCUT2D eigenvalue weighted by Gasteiger charge is -2.37. The predicted molar refractivity (Wildman–Crippen MR) is 114 cm³/mol. The zero-order valence-corrected chi connectivity index (χ0v) is 17.4. The van der Waals surface area contributed by atoms with Gasteiger partial charge in [0, 0.05) is 44.2 Å². The maximum atomic E-state index is 13.6. The summed E-state index contributed by atoms with van der Waals surface area (Å²) in [7, 11) is 3.98. The van der Waals surface area contributed by atoms with Gasteiger partial charge in [0.1, 0.15) is 5.54 Å². The SMILES string of the molecule is Cc1c(CNC(=O)C2(N(C)Cc3ccccc3)Cc3ccccc3C2)cnn1C. The molecule has 1 aliphatic carbocycles. The van der Waals surface area contributed by atoms with Gasteiger partial charge in [-0.2, -0.15) is 5.10 Å². The number of benzene rings is 2. The molecule has 0 unspecified atom stereocenters. The third kappa shape index (κ3) is 3.70. The van der Waals surface area contributed by atoms with Gasteiger partial charge in [0.25, 0.3) is 0 Å². The second kappa shape index (κ2) is 7.84. The molecule has 0 saturated heterocycles. The Hall–Kier alpha value is -2.92. The molecule has 0 saturated carbocycles. The van der Waals surface area contributed by atoms with Crippen LogP contribution in [0.5, 0.6) is 0 Å². The number of aromatic nitrogens is 2. The quantitative estimate of drug-likeness (QED) is 0.706. The maximum Gasteiger partial charge on any atom is 0.241 e. The fourth-order valence-electron chi connectivity index (χ4n) is 4.27. The second-order valence-corrected chi connectivity index (χ2v) is 8.06. The van der Waals surface area contributed by atoms with Gasteiger partial charge < -0.3 is 5.32 Å². The zero-order chi connectivity index (χ0) is 20.4. The van der Waals surface area contributed by atoms with Gasteiger partial charge in [-0.05, 0) is 30.7 Å². The summed E-state index contributed by atoms with van der Waals surface area (Å²) in [4.78, 5) is 15.8. The molecule has 0 aliphatic heterocycles. The van der Waals surface area contributed by atoms with Crippen molar-refractivity contribution in [1.29, 1.82) is 0 Å². The molecule has 5 heteroatoms. The molecule has 1 aromatic heterocycles. The molecule has 1 N–H and O–H groups in total. The first-order valence-corrected chi connectivity index (χ1v) is 10.1. The van der Waals surface area contributed by atoms with Crippen LogP contribution in [0.15, 0.2) is 60.8 Å². The Bertz CT molecular complexity index is 984. The van der Waals surface area contributed by atoms with E-state index in [4.69, 9.17) is 0 Å². The van der Waals surface area contributed by atoms with Gasteiger partial charge in [-0.25, -0.2) is 0 Å². The topological polar surface area (TPSA) is 50.2 Å². The number of nitrogens with zero attached hydrogens (tertiary/aromatic N) is 3. The van der Waals surface area contributed by atoms with Crippen LogP contribution in [-0.4, -0.2) is 33.2 Å². The normalized spacial score (nSPS) is 14.8. The van der Waals surface area contributed by atoms with Crippen molar-refractivity contribution in [2.75, 3.05) is 7.05 Å². The first-order valence-electron chi connectivity index (χ1n) is 10.1. The number of likely N-dealkylation sites (N-methyl/N-ethyl adjacent to an activating group) is 1. The minimum absolute atomic E-state index is 0.0791. The fraction of sp³-hybridized carbons (Fsp3) is 0.333. The van der Waals surface area contributed by atoms with Crippen LogP contribution >= 0.6 is 0 Å². The van der Waals surface area contributed by atoms with Crippen LogP contribution in [0.4, 0.5) is 0 Å². The molecule has 0 fully saturated rings. The molecular formula is C24H28N4O. The van der Waals surface area contributed by atoms with Crippen molar-refractivity contribution < 1.29 is 4.79 Å². The lowest BCUT2D eigenvalue weighted by Crippen LogP contribution is -2.58. The van der Waals surface area contributed by atoms with Crippen molar-refractivity contribution in [3.8, 4) is 0 Å². The molecular weight excluding hydrogens is 360 g/mol. The third-order valence-electron chi connectivity index (χ3n) is 6.28. The molecule has 29 heavy (non-hydrogen) atoms. The van der Waals surface area contributed by atoms with Crippen LogP contribution in [0.25, 0.3) is 0 Å². The van der Waals surface area contributed by atoms with E-state index >= 15 is 0 Å². The van der Waals surface area contributed by atoms with Crippen LogP contribution in [0.1, 0.15) is 27.9 Å². The predicted octanol–water partition coefficient (Wildman–Crippen LogP) is 3.01. The molecule has 1 heterocycles. The summed E-state index contributed by atoms with van der Waals surface area (Å²) in [5.74, 6) is 0.0791. The summed E-state index contributed by atoms with van der Waals surface area (Å²) in [6.45, 7) is 3.25. The van der Waals surface area contributed by atoms with Crippen molar-refractivity contribution >= 4 is 5.91 Å². The highest BCUT2D eigenvalue weighted by Crippen LogP contribution is 2.35. The highest BCUT2D eigenvalue weighted by Gasteiger charge is 2.46. The Labute approximate surface area is 172 Å². The summed E-state index contributed by atoms with van der Waals surface area (Å²) < 4.78 is 1.84. The Kier molecular flexibility index (Phi) is 5.24. The molecule has 4 rings (SSSR count). The minimum atomic E-state index is -0.588. The van der Waals surface area contributed by atoms with E-state index in [1.165, 1.54) is 16.7 Å². The number of aryl methyl sites for hydroxylation is 1. The molecule has 3 aromatic rings. The van der Waals surface area contributed by atoms with Crippen molar-refractivity contribution in [3.63, 3.8) is 0 Å². The van der Waals surface area contributed by atoms with Crippen LogP contribution in [-0.2, 0) is 37.8 Å². The number of carbonyl (C=O) groups excluding carboxylic acids is 1. The third-order valence-corrected chi connectivity index (χ3v) is 6.28. The standard InChI is InChI=1S/C24H28N4O/c1-18-22(16-26-28(18)3)15-25-23(29)24(13-20-11-7-8-12-21(20)14-24)27(2)17-19-9-5-4-6-10-19/h4-12,16H,13-15,17H2,1-3H3,(H,25,29). The first kappa shape index (κ1) is 19.4. The highest BCUT2D eigenvalue weighted by molar-refractivity contribution is 5.88. The van der Waals surface area contributed by atoms with E-state index in [0.29, 0.717) is 6.54 Å². The van der Waals surface area contributed by atoms with Crippen LogP contribution in [0.3, 0.4) is 0 Å². The van der Waals surface area contributed by atoms with Crippen LogP contribution in [0.2, 0.25) is 0 Å². The number of hydrogen-bond acceptors (Lipinski definition) is 3. The van der Waals surface area contributed by atoms with E-state index in [9.17, 15) is 4.79 Å². The average Bonchev–Trinajstić information content (AvgIpc) is 3.28. The monoisotopic (exact) mass is 388 g/mol. The van der Waals surface area contributed by atoms with E-state index < -0.39 is 5.54 Å². The zero-order valence-electron chi connectivity index (χ0n) is 17.4.